The number of benzene rings is 2. The summed E-state index contributed by atoms with van der Waals surface area (Å²) in [4.78, 5) is 2.28. The van der Waals surface area contributed by atoms with E-state index in [9.17, 15) is 0 Å². The van der Waals surface area contributed by atoms with Crippen molar-refractivity contribution >= 4 is 11.6 Å². The van der Waals surface area contributed by atoms with Gasteiger partial charge in [0.05, 0.1) is 19.3 Å². The molecule has 1 unspecified atom stereocenters. The van der Waals surface area contributed by atoms with Crippen molar-refractivity contribution in [3.63, 3.8) is 0 Å². The molecule has 1 aliphatic rings. The van der Waals surface area contributed by atoms with Crippen LogP contribution in [0.25, 0.3) is 0 Å². The molecule has 0 saturated carbocycles. The Morgan fingerprint density at radius 3 is 2.56 bits per heavy atom. The van der Waals surface area contributed by atoms with E-state index in [4.69, 9.17) is 16.3 Å². The van der Waals surface area contributed by atoms with Crippen LogP contribution in [0.2, 0.25) is 5.02 Å². The minimum atomic E-state index is -0.140. The molecule has 1 aromatic heterocycles. The second-order valence-corrected chi connectivity index (χ2v) is 6.58. The smallest absolute Gasteiger partial charge is 0.157 e. The third-order valence-corrected chi connectivity index (χ3v) is 4.53. The molecule has 5 nitrogen and oxygen atoms in total. The molecule has 2 heterocycles. The molecule has 1 aliphatic heterocycles. The Labute approximate surface area is 151 Å². The van der Waals surface area contributed by atoms with Gasteiger partial charge in [-0.1, -0.05) is 59.3 Å². The lowest BCUT2D eigenvalue weighted by atomic mass is 10.2. The van der Waals surface area contributed by atoms with E-state index in [2.05, 4.69) is 39.5 Å². The number of hydrogen-bond acceptors (Lipinski definition) is 4. The van der Waals surface area contributed by atoms with Crippen LogP contribution in [0, 0.1) is 0 Å². The second kappa shape index (κ2) is 7.35. The summed E-state index contributed by atoms with van der Waals surface area (Å²) < 4.78 is 7.73. The molecule has 0 amide bonds. The van der Waals surface area contributed by atoms with Crippen molar-refractivity contribution in [2.45, 2.75) is 19.3 Å². The fraction of sp³-hybridized carbons (Fsp3) is 0.263. The predicted octanol–water partition coefficient (Wildman–Crippen LogP) is 3.51. The monoisotopic (exact) mass is 354 g/mol. The minimum absolute atomic E-state index is 0.140. The Bertz CT molecular complexity index is 819. The Morgan fingerprint density at radius 2 is 1.76 bits per heavy atom. The van der Waals surface area contributed by atoms with Crippen LogP contribution in [0.1, 0.15) is 23.0 Å². The largest absolute Gasteiger partial charge is 0.356 e. The van der Waals surface area contributed by atoms with Crippen LogP contribution in [-0.2, 0) is 17.8 Å². The topological polar surface area (TPSA) is 43.2 Å². The molecule has 128 valence electrons. The fourth-order valence-electron chi connectivity index (χ4n) is 3.04. The summed E-state index contributed by atoms with van der Waals surface area (Å²) in [5, 5.41) is 9.31. The lowest BCUT2D eigenvalue weighted by Gasteiger charge is -2.20. The quantitative estimate of drug-likeness (QED) is 0.703. The molecule has 2 aromatic carbocycles. The molecule has 6 heteroatoms. The Balaban J connectivity index is 1.46. The summed E-state index contributed by atoms with van der Waals surface area (Å²) in [6.45, 7) is 3.11. The van der Waals surface area contributed by atoms with Crippen molar-refractivity contribution < 1.29 is 4.74 Å². The molecule has 4 rings (SSSR count). The van der Waals surface area contributed by atoms with Crippen LogP contribution < -0.4 is 0 Å². The summed E-state index contributed by atoms with van der Waals surface area (Å²) in [6, 6.07) is 18.2. The summed E-state index contributed by atoms with van der Waals surface area (Å²) in [6.07, 6.45) is 1.82. The summed E-state index contributed by atoms with van der Waals surface area (Å²) in [5.41, 5.74) is 3.25. The highest BCUT2D eigenvalue weighted by Crippen LogP contribution is 2.27. The number of aromatic nitrogens is 3. The zero-order valence-electron chi connectivity index (χ0n) is 13.8. The van der Waals surface area contributed by atoms with E-state index < -0.39 is 0 Å². The van der Waals surface area contributed by atoms with E-state index in [0.29, 0.717) is 13.2 Å². The molecule has 1 saturated heterocycles. The van der Waals surface area contributed by atoms with Crippen LogP contribution in [-0.4, -0.2) is 33.0 Å². The van der Waals surface area contributed by atoms with Gasteiger partial charge in [-0.15, -0.1) is 5.10 Å². The molecule has 1 atom stereocenters. The highest BCUT2D eigenvalue weighted by molar-refractivity contribution is 6.30. The summed E-state index contributed by atoms with van der Waals surface area (Å²) in [7, 11) is 0. The van der Waals surface area contributed by atoms with Crippen molar-refractivity contribution in [2.24, 2.45) is 0 Å². The van der Waals surface area contributed by atoms with Crippen molar-refractivity contribution in [3.8, 4) is 0 Å². The van der Waals surface area contributed by atoms with Gasteiger partial charge in [-0.05, 0) is 23.3 Å². The normalized spacial score (nSPS) is 17.9. The standard InChI is InChI=1S/C19H19ClN4O/c20-17-8-6-16(7-9-17)13-24-14-18(21-22-24)19-23(10-11-25-19)12-15-4-2-1-3-5-15/h1-9,14,19H,10-13H2. The van der Waals surface area contributed by atoms with E-state index in [1.54, 1.807) is 0 Å². The Hall–Kier alpha value is -2.21. The maximum atomic E-state index is 5.93. The first-order valence-electron chi connectivity index (χ1n) is 8.32. The van der Waals surface area contributed by atoms with Gasteiger partial charge in [0.25, 0.3) is 0 Å². The molecule has 3 aromatic rings. The summed E-state index contributed by atoms with van der Waals surface area (Å²) in [5.74, 6) is 0. The van der Waals surface area contributed by atoms with Gasteiger partial charge in [-0.25, -0.2) is 4.68 Å². The van der Waals surface area contributed by atoms with Gasteiger partial charge in [0.1, 0.15) is 5.69 Å². The summed E-state index contributed by atoms with van der Waals surface area (Å²) >= 11 is 5.93. The molecule has 0 N–H and O–H groups in total. The van der Waals surface area contributed by atoms with E-state index in [1.807, 2.05) is 41.2 Å². The third kappa shape index (κ3) is 3.90. The molecule has 25 heavy (non-hydrogen) atoms. The molecular weight excluding hydrogens is 336 g/mol. The molecule has 0 spiro atoms. The van der Waals surface area contributed by atoms with Gasteiger partial charge in [-0.2, -0.15) is 0 Å². The first-order chi connectivity index (χ1) is 12.3. The lowest BCUT2D eigenvalue weighted by molar-refractivity contribution is 0.0252. The van der Waals surface area contributed by atoms with Crippen molar-refractivity contribution in [1.82, 2.24) is 19.9 Å². The van der Waals surface area contributed by atoms with Crippen LogP contribution in [0.15, 0.2) is 60.8 Å². The van der Waals surface area contributed by atoms with Gasteiger partial charge in [0.2, 0.25) is 0 Å². The van der Waals surface area contributed by atoms with E-state index in [-0.39, 0.29) is 6.23 Å². The van der Waals surface area contributed by atoms with Gasteiger partial charge in [0.15, 0.2) is 6.23 Å². The molecule has 0 radical (unpaired) electrons. The predicted molar refractivity (Wildman–Crippen MR) is 96.1 cm³/mol. The maximum Gasteiger partial charge on any atom is 0.157 e. The average Bonchev–Trinajstić information content (AvgIpc) is 3.27. The van der Waals surface area contributed by atoms with Gasteiger partial charge >= 0.3 is 0 Å². The third-order valence-electron chi connectivity index (χ3n) is 4.28. The Morgan fingerprint density at radius 1 is 1.00 bits per heavy atom. The first-order valence-corrected chi connectivity index (χ1v) is 8.70. The van der Waals surface area contributed by atoms with Crippen LogP contribution in [0.4, 0.5) is 0 Å². The molecule has 0 bridgehead atoms. The van der Waals surface area contributed by atoms with Crippen LogP contribution in [0.5, 0.6) is 0 Å². The lowest BCUT2D eigenvalue weighted by Crippen LogP contribution is -2.23. The van der Waals surface area contributed by atoms with Gasteiger partial charge < -0.3 is 4.74 Å². The zero-order valence-corrected chi connectivity index (χ0v) is 14.5. The maximum absolute atomic E-state index is 5.93. The minimum Gasteiger partial charge on any atom is -0.356 e. The van der Waals surface area contributed by atoms with E-state index in [0.717, 1.165) is 29.4 Å². The molecule has 1 fully saturated rings. The van der Waals surface area contributed by atoms with E-state index in [1.165, 1.54) is 5.56 Å². The highest BCUT2D eigenvalue weighted by atomic mass is 35.5. The Kier molecular flexibility index (Phi) is 4.78. The number of hydrogen-bond donors (Lipinski definition) is 0. The number of rotatable bonds is 5. The van der Waals surface area contributed by atoms with E-state index >= 15 is 0 Å². The molecular formula is C19H19ClN4O. The average molecular weight is 355 g/mol. The number of ether oxygens (including phenoxy) is 1. The fourth-order valence-corrected chi connectivity index (χ4v) is 3.16. The van der Waals surface area contributed by atoms with Crippen molar-refractivity contribution in [3.05, 3.63) is 82.6 Å². The van der Waals surface area contributed by atoms with Crippen LogP contribution >= 0.6 is 11.6 Å². The SMILES string of the molecule is Clc1ccc(Cn2cc(C3OCCN3Cc3ccccc3)nn2)cc1. The first kappa shape index (κ1) is 16.3. The zero-order chi connectivity index (χ0) is 17.1. The van der Waals surface area contributed by atoms with Crippen molar-refractivity contribution in [1.29, 1.82) is 0 Å². The van der Waals surface area contributed by atoms with Gasteiger partial charge in [-0.3, -0.25) is 4.90 Å². The van der Waals surface area contributed by atoms with Crippen molar-refractivity contribution in [2.75, 3.05) is 13.2 Å². The number of nitrogens with zero attached hydrogens (tertiary/aromatic N) is 4. The van der Waals surface area contributed by atoms with Crippen LogP contribution in [0.3, 0.4) is 0 Å². The second-order valence-electron chi connectivity index (χ2n) is 6.15. The van der Waals surface area contributed by atoms with Gasteiger partial charge in [0, 0.05) is 18.1 Å². The highest BCUT2D eigenvalue weighted by Gasteiger charge is 2.29. The number of halogens is 1. The molecule has 0 aliphatic carbocycles.